The third-order valence-corrected chi connectivity index (χ3v) is 1.69. The number of nitrogens with zero attached hydrogens (tertiary/aromatic N) is 2. The van der Waals surface area contributed by atoms with Gasteiger partial charge in [-0.25, -0.2) is 4.63 Å². The minimum Gasteiger partial charge on any atom is -0.305 e. The molecule has 0 aromatic carbocycles. The number of hydrogen-bond donors (Lipinski definition) is 1. The molecule has 13 heavy (non-hydrogen) atoms. The van der Waals surface area contributed by atoms with Gasteiger partial charge in [0, 0.05) is 0 Å². The van der Waals surface area contributed by atoms with E-state index in [1.807, 2.05) is 6.92 Å². The molecule has 0 spiro atoms. The molecule has 1 heterocycles. The summed E-state index contributed by atoms with van der Waals surface area (Å²) < 4.78 is 4.46. The van der Waals surface area contributed by atoms with Crippen molar-refractivity contribution in [1.82, 2.24) is 10.3 Å². The first-order chi connectivity index (χ1) is 6.15. The number of aromatic nitrogens is 2. The van der Waals surface area contributed by atoms with Gasteiger partial charge in [0.05, 0.1) is 0 Å². The molecular weight excluding hydrogens is 194 g/mol. The molecule has 5 nitrogen and oxygen atoms in total. The van der Waals surface area contributed by atoms with Crippen molar-refractivity contribution in [1.29, 1.82) is 0 Å². The van der Waals surface area contributed by atoms with Gasteiger partial charge in [-0.15, -0.1) is 11.6 Å². The van der Waals surface area contributed by atoms with E-state index in [-0.39, 0.29) is 5.91 Å². The maximum absolute atomic E-state index is 11.1. The van der Waals surface area contributed by atoms with Crippen LogP contribution in [0.5, 0.6) is 0 Å². The Morgan fingerprint density at radius 3 is 2.92 bits per heavy atom. The summed E-state index contributed by atoms with van der Waals surface area (Å²) in [7, 11) is 0. The molecule has 0 aliphatic heterocycles. The van der Waals surface area contributed by atoms with E-state index in [2.05, 4.69) is 20.3 Å². The van der Waals surface area contributed by atoms with Gasteiger partial charge in [0.15, 0.2) is 0 Å². The molecule has 1 aromatic rings. The highest BCUT2D eigenvalue weighted by Gasteiger charge is 2.14. The molecule has 1 unspecified atom stereocenters. The SMILES string of the molecule is CCc1nonc1NC(=O)C(C)Cl. The molecule has 1 aromatic heterocycles. The van der Waals surface area contributed by atoms with Crippen LogP contribution in [0.15, 0.2) is 4.63 Å². The van der Waals surface area contributed by atoms with Crippen LogP contribution in [0, 0.1) is 0 Å². The Bertz CT molecular complexity index is 298. The summed E-state index contributed by atoms with van der Waals surface area (Å²) in [5, 5.41) is 9.04. The molecule has 0 saturated heterocycles. The van der Waals surface area contributed by atoms with Crippen LogP contribution in [0.3, 0.4) is 0 Å². The van der Waals surface area contributed by atoms with Crippen molar-refractivity contribution in [3.05, 3.63) is 5.69 Å². The van der Waals surface area contributed by atoms with Gasteiger partial charge in [0.1, 0.15) is 11.1 Å². The van der Waals surface area contributed by atoms with Crippen LogP contribution in [0.1, 0.15) is 19.5 Å². The fourth-order valence-electron chi connectivity index (χ4n) is 0.750. The maximum atomic E-state index is 11.1. The van der Waals surface area contributed by atoms with Gasteiger partial charge in [-0.1, -0.05) is 12.1 Å². The number of alkyl halides is 1. The van der Waals surface area contributed by atoms with Crippen molar-refractivity contribution in [2.24, 2.45) is 0 Å². The monoisotopic (exact) mass is 203 g/mol. The van der Waals surface area contributed by atoms with Crippen LogP contribution >= 0.6 is 11.6 Å². The van der Waals surface area contributed by atoms with Gasteiger partial charge in [-0.2, -0.15) is 0 Å². The molecule has 1 N–H and O–H groups in total. The summed E-state index contributed by atoms with van der Waals surface area (Å²) in [4.78, 5) is 11.1. The fraction of sp³-hybridized carbons (Fsp3) is 0.571. The number of nitrogens with one attached hydrogen (secondary N) is 1. The summed E-state index contributed by atoms with van der Waals surface area (Å²) >= 11 is 5.55. The Morgan fingerprint density at radius 2 is 2.38 bits per heavy atom. The molecule has 0 aliphatic carbocycles. The first-order valence-electron chi connectivity index (χ1n) is 3.91. The molecule has 0 bridgehead atoms. The van der Waals surface area contributed by atoms with E-state index in [9.17, 15) is 4.79 Å². The first kappa shape index (κ1) is 9.98. The molecular formula is C7H10ClN3O2. The molecule has 6 heteroatoms. The van der Waals surface area contributed by atoms with Gasteiger partial charge in [-0.05, 0) is 18.5 Å². The Balaban J connectivity index is 2.68. The van der Waals surface area contributed by atoms with Gasteiger partial charge in [0.25, 0.3) is 0 Å². The van der Waals surface area contributed by atoms with Gasteiger partial charge >= 0.3 is 0 Å². The lowest BCUT2D eigenvalue weighted by atomic mass is 10.3. The minimum atomic E-state index is -0.596. The minimum absolute atomic E-state index is 0.313. The van der Waals surface area contributed by atoms with Gasteiger partial charge in [-0.3, -0.25) is 4.79 Å². The Hall–Kier alpha value is -1.10. The van der Waals surface area contributed by atoms with Crippen LogP contribution in [-0.4, -0.2) is 21.6 Å². The van der Waals surface area contributed by atoms with Crippen molar-refractivity contribution in [2.45, 2.75) is 25.6 Å². The number of hydrogen-bond acceptors (Lipinski definition) is 4. The van der Waals surface area contributed by atoms with E-state index >= 15 is 0 Å². The predicted octanol–water partition coefficient (Wildman–Crippen LogP) is 1.20. The quantitative estimate of drug-likeness (QED) is 0.750. The lowest BCUT2D eigenvalue weighted by molar-refractivity contribution is -0.115. The molecule has 72 valence electrons. The van der Waals surface area contributed by atoms with E-state index in [0.717, 1.165) is 0 Å². The van der Waals surface area contributed by atoms with E-state index in [0.29, 0.717) is 17.9 Å². The van der Waals surface area contributed by atoms with Crippen molar-refractivity contribution < 1.29 is 9.42 Å². The molecule has 0 saturated carbocycles. The smallest absolute Gasteiger partial charge is 0.243 e. The second-order valence-corrected chi connectivity index (χ2v) is 3.17. The normalized spacial score (nSPS) is 12.5. The number of carbonyl (C=O) groups excluding carboxylic acids is 1. The standard InChI is InChI=1S/C7H10ClN3O2/c1-3-5-6(11-13-10-5)9-7(12)4(2)8/h4H,3H2,1-2H3,(H,9,11,12). The first-order valence-corrected chi connectivity index (χ1v) is 4.35. The Morgan fingerprint density at radius 1 is 1.69 bits per heavy atom. The third-order valence-electron chi connectivity index (χ3n) is 1.49. The van der Waals surface area contributed by atoms with Crippen molar-refractivity contribution in [3.8, 4) is 0 Å². The van der Waals surface area contributed by atoms with Crippen molar-refractivity contribution in [3.63, 3.8) is 0 Å². The van der Waals surface area contributed by atoms with Crippen LogP contribution in [0.4, 0.5) is 5.82 Å². The van der Waals surface area contributed by atoms with Crippen LogP contribution in [-0.2, 0) is 11.2 Å². The van der Waals surface area contributed by atoms with Gasteiger partial charge < -0.3 is 5.32 Å². The van der Waals surface area contributed by atoms with E-state index in [1.165, 1.54) is 0 Å². The largest absolute Gasteiger partial charge is 0.305 e. The van der Waals surface area contributed by atoms with Crippen LogP contribution in [0.25, 0.3) is 0 Å². The second-order valence-electron chi connectivity index (χ2n) is 2.52. The molecule has 0 radical (unpaired) electrons. The lowest BCUT2D eigenvalue weighted by Gasteiger charge is -2.02. The lowest BCUT2D eigenvalue weighted by Crippen LogP contribution is -2.21. The third kappa shape index (κ3) is 2.42. The Labute approximate surface area is 80.4 Å². The van der Waals surface area contributed by atoms with E-state index in [4.69, 9.17) is 11.6 Å². The fourth-order valence-corrected chi connectivity index (χ4v) is 0.804. The topological polar surface area (TPSA) is 68.0 Å². The highest BCUT2D eigenvalue weighted by molar-refractivity contribution is 6.32. The van der Waals surface area contributed by atoms with E-state index in [1.54, 1.807) is 6.92 Å². The number of halogens is 1. The average Bonchev–Trinajstić information content (AvgIpc) is 2.51. The zero-order valence-electron chi connectivity index (χ0n) is 7.37. The van der Waals surface area contributed by atoms with Crippen molar-refractivity contribution >= 4 is 23.3 Å². The molecule has 0 fully saturated rings. The van der Waals surface area contributed by atoms with Crippen molar-refractivity contribution in [2.75, 3.05) is 5.32 Å². The van der Waals surface area contributed by atoms with Crippen LogP contribution in [0.2, 0.25) is 0 Å². The second kappa shape index (κ2) is 4.23. The number of carbonyl (C=O) groups is 1. The van der Waals surface area contributed by atoms with E-state index < -0.39 is 5.38 Å². The maximum Gasteiger partial charge on any atom is 0.243 e. The highest BCUT2D eigenvalue weighted by Crippen LogP contribution is 2.10. The summed E-state index contributed by atoms with van der Waals surface area (Å²) in [5.74, 6) is 0.0343. The summed E-state index contributed by atoms with van der Waals surface area (Å²) in [6, 6.07) is 0. The summed E-state index contributed by atoms with van der Waals surface area (Å²) in [5.41, 5.74) is 0.616. The number of anilines is 1. The summed E-state index contributed by atoms with van der Waals surface area (Å²) in [6.07, 6.45) is 0.649. The average molecular weight is 204 g/mol. The molecule has 1 atom stereocenters. The predicted molar refractivity (Wildman–Crippen MR) is 47.6 cm³/mol. The summed E-state index contributed by atoms with van der Waals surface area (Å²) in [6.45, 7) is 3.47. The molecule has 1 amide bonds. The zero-order chi connectivity index (χ0) is 9.84. The number of rotatable bonds is 3. The zero-order valence-corrected chi connectivity index (χ0v) is 8.13. The van der Waals surface area contributed by atoms with Crippen LogP contribution < -0.4 is 5.32 Å². The molecule has 0 aliphatic rings. The van der Waals surface area contributed by atoms with Gasteiger partial charge in [0.2, 0.25) is 11.7 Å². The number of aryl methyl sites for hydroxylation is 1. The molecule has 1 rings (SSSR count). The number of amides is 1. The highest BCUT2D eigenvalue weighted by atomic mass is 35.5. The Kier molecular flexibility index (Phi) is 3.25.